The second-order valence-corrected chi connectivity index (χ2v) is 8.49. The molecular weight excluding hydrogens is 316 g/mol. The Morgan fingerprint density at radius 2 is 1.96 bits per heavy atom. The standard InChI is InChI=1S/C15H30N4O3S/c1-3-23(20,21)19-9-6-14(7-10-19)18-15(16-2)17-8-11-22-12-13-4-5-13/h13-14H,3-12H2,1-2H3,(H2,16,17,18). The van der Waals surface area contributed by atoms with E-state index >= 15 is 0 Å². The lowest BCUT2D eigenvalue weighted by Crippen LogP contribution is -2.50. The maximum Gasteiger partial charge on any atom is 0.213 e. The van der Waals surface area contributed by atoms with Gasteiger partial charge in [-0.2, -0.15) is 0 Å². The van der Waals surface area contributed by atoms with Gasteiger partial charge in [0.1, 0.15) is 0 Å². The molecule has 23 heavy (non-hydrogen) atoms. The van der Waals surface area contributed by atoms with Crippen LogP contribution in [-0.4, -0.2) is 70.4 Å². The first-order valence-electron chi connectivity index (χ1n) is 8.58. The highest BCUT2D eigenvalue weighted by molar-refractivity contribution is 7.89. The molecule has 2 rings (SSSR count). The van der Waals surface area contributed by atoms with Crippen LogP contribution in [0, 0.1) is 5.92 Å². The molecule has 2 N–H and O–H groups in total. The minimum Gasteiger partial charge on any atom is -0.379 e. The molecule has 0 aromatic carbocycles. The summed E-state index contributed by atoms with van der Waals surface area (Å²) in [7, 11) is -1.31. The Kier molecular flexibility index (Phi) is 7.10. The summed E-state index contributed by atoms with van der Waals surface area (Å²) in [6, 6.07) is 0.261. The van der Waals surface area contributed by atoms with Crippen molar-refractivity contribution in [3.05, 3.63) is 0 Å². The molecule has 0 amide bonds. The lowest BCUT2D eigenvalue weighted by atomic mass is 10.1. The van der Waals surface area contributed by atoms with Gasteiger partial charge in [-0.3, -0.25) is 4.99 Å². The summed E-state index contributed by atoms with van der Waals surface area (Å²) in [6.07, 6.45) is 4.22. The van der Waals surface area contributed by atoms with Crippen molar-refractivity contribution in [1.82, 2.24) is 14.9 Å². The first kappa shape index (κ1) is 18.5. The van der Waals surface area contributed by atoms with E-state index in [1.54, 1.807) is 18.3 Å². The van der Waals surface area contributed by atoms with Crippen LogP contribution in [0.1, 0.15) is 32.6 Å². The van der Waals surface area contributed by atoms with Gasteiger partial charge in [0.15, 0.2) is 5.96 Å². The van der Waals surface area contributed by atoms with Crippen molar-refractivity contribution in [2.24, 2.45) is 10.9 Å². The molecule has 0 aromatic heterocycles. The van der Waals surface area contributed by atoms with Crippen LogP contribution in [0.5, 0.6) is 0 Å². The van der Waals surface area contributed by atoms with E-state index in [1.165, 1.54) is 12.8 Å². The van der Waals surface area contributed by atoms with E-state index in [1.807, 2.05) is 0 Å². The molecule has 2 fully saturated rings. The number of aliphatic imine (C=N–C) groups is 1. The Labute approximate surface area is 139 Å². The van der Waals surface area contributed by atoms with Gasteiger partial charge in [-0.15, -0.1) is 0 Å². The van der Waals surface area contributed by atoms with E-state index < -0.39 is 10.0 Å². The smallest absolute Gasteiger partial charge is 0.213 e. The van der Waals surface area contributed by atoms with Gasteiger partial charge in [-0.1, -0.05) is 0 Å². The molecule has 1 aliphatic heterocycles. The zero-order valence-corrected chi connectivity index (χ0v) is 15.1. The van der Waals surface area contributed by atoms with Crippen LogP contribution in [0.4, 0.5) is 0 Å². The monoisotopic (exact) mass is 346 g/mol. The van der Waals surface area contributed by atoms with E-state index in [4.69, 9.17) is 4.74 Å². The first-order chi connectivity index (χ1) is 11.0. The van der Waals surface area contributed by atoms with Crippen LogP contribution in [0.25, 0.3) is 0 Å². The zero-order chi connectivity index (χ0) is 16.7. The number of piperidine rings is 1. The maximum absolute atomic E-state index is 11.9. The molecule has 2 aliphatic rings. The summed E-state index contributed by atoms with van der Waals surface area (Å²) in [5.74, 6) is 1.73. The number of nitrogens with zero attached hydrogens (tertiary/aromatic N) is 2. The van der Waals surface area contributed by atoms with Gasteiger partial charge >= 0.3 is 0 Å². The summed E-state index contributed by atoms with van der Waals surface area (Å²) in [5.41, 5.74) is 0. The molecule has 1 aliphatic carbocycles. The Balaban J connectivity index is 1.62. The fraction of sp³-hybridized carbons (Fsp3) is 0.933. The van der Waals surface area contributed by atoms with Crippen molar-refractivity contribution in [1.29, 1.82) is 0 Å². The third-order valence-electron chi connectivity index (χ3n) is 4.37. The summed E-state index contributed by atoms with van der Waals surface area (Å²) < 4.78 is 30.9. The number of nitrogens with one attached hydrogen (secondary N) is 2. The first-order valence-corrected chi connectivity index (χ1v) is 10.2. The molecule has 7 nitrogen and oxygen atoms in total. The highest BCUT2D eigenvalue weighted by atomic mass is 32.2. The van der Waals surface area contributed by atoms with Crippen molar-refractivity contribution in [2.45, 2.75) is 38.6 Å². The van der Waals surface area contributed by atoms with Crippen LogP contribution in [0.3, 0.4) is 0 Å². The number of guanidine groups is 1. The number of ether oxygens (including phenoxy) is 1. The molecule has 0 atom stereocenters. The Bertz CT molecular complexity index is 483. The lowest BCUT2D eigenvalue weighted by Gasteiger charge is -2.32. The lowest BCUT2D eigenvalue weighted by molar-refractivity contribution is 0.129. The number of hydrogen-bond acceptors (Lipinski definition) is 4. The summed E-state index contributed by atoms with van der Waals surface area (Å²) in [5, 5.41) is 6.62. The predicted molar refractivity (Wildman–Crippen MR) is 92.1 cm³/mol. The second kappa shape index (κ2) is 8.84. The minimum absolute atomic E-state index is 0.176. The fourth-order valence-electron chi connectivity index (χ4n) is 2.62. The van der Waals surface area contributed by atoms with Gasteiger partial charge in [0.2, 0.25) is 10.0 Å². The Hall–Kier alpha value is -0.860. The third kappa shape index (κ3) is 6.27. The van der Waals surface area contributed by atoms with Crippen molar-refractivity contribution in [3.63, 3.8) is 0 Å². The van der Waals surface area contributed by atoms with Crippen LogP contribution >= 0.6 is 0 Å². The van der Waals surface area contributed by atoms with Crippen molar-refractivity contribution in [3.8, 4) is 0 Å². The van der Waals surface area contributed by atoms with Crippen molar-refractivity contribution >= 4 is 16.0 Å². The topological polar surface area (TPSA) is 83.0 Å². The molecule has 0 unspecified atom stereocenters. The number of rotatable bonds is 8. The molecule has 1 heterocycles. The summed E-state index contributed by atoms with van der Waals surface area (Å²) >= 11 is 0. The van der Waals surface area contributed by atoms with E-state index in [-0.39, 0.29) is 11.8 Å². The molecular formula is C15H30N4O3S. The highest BCUT2D eigenvalue weighted by Crippen LogP contribution is 2.28. The van der Waals surface area contributed by atoms with Gasteiger partial charge in [0.25, 0.3) is 0 Å². The van der Waals surface area contributed by atoms with E-state index in [0.717, 1.165) is 37.9 Å². The van der Waals surface area contributed by atoms with Crippen LogP contribution < -0.4 is 10.6 Å². The van der Waals surface area contributed by atoms with Gasteiger partial charge in [0.05, 0.1) is 12.4 Å². The number of sulfonamides is 1. The van der Waals surface area contributed by atoms with E-state index in [2.05, 4.69) is 15.6 Å². The molecule has 134 valence electrons. The molecule has 0 radical (unpaired) electrons. The van der Waals surface area contributed by atoms with Crippen LogP contribution in [0.15, 0.2) is 4.99 Å². The number of hydrogen-bond donors (Lipinski definition) is 2. The average Bonchev–Trinajstić information content (AvgIpc) is 3.38. The van der Waals surface area contributed by atoms with Gasteiger partial charge < -0.3 is 15.4 Å². The molecule has 1 saturated carbocycles. The molecule has 8 heteroatoms. The molecule has 1 saturated heterocycles. The quantitative estimate of drug-likeness (QED) is 0.377. The summed E-state index contributed by atoms with van der Waals surface area (Å²) in [4.78, 5) is 4.22. The molecule has 0 bridgehead atoms. The molecule has 0 aromatic rings. The fourth-order valence-corrected chi connectivity index (χ4v) is 3.76. The highest BCUT2D eigenvalue weighted by Gasteiger charge is 2.27. The van der Waals surface area contributed by atoms with E-state index in [0.29, 0.717) is 19.7 Å². The van der Waals surface area contributed by atoms with E-state index in [9.17, 15) is 8.42 Å². The average molecular weight is 346 g/mol. The second-order valence-electron chi connectivity index (χ2n) is 6.24. The third-order valence-corrected chi connectivity index (χ3v) is 6.25. The van der Waals surface area contributed by atoms with Gasteiger partial charge in [0, 0.05) is 39.3 Å². The maximum atomic E-state index is 11.9. The Morgan fingerprint density at radius 3 is 2.52 bits per heavy atom. The molecule has 0 spiro atoms. The minimum atomic E-state index is -3.06. The predicted octanol–water partition coefficient (Wildman–Crippen LogP) is 0.392. The van der Waals surface area contributed by atoms with Crippen molar-refractivity contribution in [2.75, 3.05) is 45.6 Å². The van der Waals surface area contributed by atoms with Gasteiger partial charge in [-0.25, -0.2) is 12.7 Å². The largest absolute Gasteiger partial charge is 0.379 e. The summed E-state index contributed by atoms with van der Waals surface area (Å²) in [6.45, 7) is 5.14. The Morgan fingerprint density at radius 1 is 1.26 bits per heavy atom. The SMILES string of the molecule is CCS(=O)(=O)N1CCC(NC(=NC)NCCOCC2CC2)CC1. The zero-order valence-electron chi connectivity index (χ0n) is 14.3. The van der Waals surface area contributed by atoms with Crippen LogP contribution in [-0.2, 0) is 14.8 Å². The van der Waals surface area contributed by atoms with Gasteiger partial charge in [-0.05, 0) is 38.5 Å². The van der Waals surface area contributed by atoms with Crippen LogP contribution in [0.2, 0.25) is 0 Å². The normalized spacial score (nSPS) is 21.4. The van der Waals surface area contributed by atoms with Crippen molar-refractivity contribution < 1.29 is 13.2 Å².